The summed E-state index contributed by atoms with van der Waals surface area (Å²) in [5.74, 6) is 0.174. The molecule has 0 spiro atoms. The molecule has 5 heteroatoms. The number of aliphatic hydroxyl groups excluding tert-OH is 1. The topological polar surface area (TPSA) is 66.8 Å². The van der Waals surface area contributed by atoms with Crippen molar-refractivity contribution in [1.29, 1.82) is 0 Å². The van der Waals surface area contributed by atoms with Gasteiger partial charge in [0.15, 0.2) is 0 Å². The number of likely N-dealkylation sites (tertiary alicyclic amines) is 1. The Morgan fingerprint density at radius 1 is 0.966 bits per heavy atom. The molecule has 3 rings (SSSR count). The number of esters is 1. The van der Waals surface area contributed by atoms with E-state index in [9.17, 15) is 9.59 Å². The van der Waals surface area contributed by atoms with E-state index in [0.717, 1.165) is 50.8 Å². The number of hydrogen-bond acceptors (Lipinski definition) is 4. The Bertz CT molecular complexity index is 798. The van der Waals surface area contributed by atoms with Crippen LogP contribution in [-0.4, -0.2) is 41.6 Å². The molecule has 1 aliphatic heterocycles. The third-order valence-corrected chi connectivity index (χ3v) is 5.48. The van der Waals surface area contributed by atoms with Crippen LogP contribution >= 0.6 is 0 Å². The lowest BCUT2D eigenvalue weighted by molar-refractivity contribution is 0.0472. The molecule has 154 valence electrons. The zero-order valence-corrected chi connectivity index (χ0v) is 16.8. The molecule has 0 bridgehead atoms. The van der Waals surface area contributed by atoms with Crippen LogP contribution in [0, 0.1) is 5.92 Å². The van der Waals surface area contributed by atoms with Gasteiger partial charge in [-0.05, 0) is 48.9 Å². The summed E-state index contributed by atoms with van der Waals surface area (Å²) >= 11 is 0. The van der Waals surface area contributed by atoms with E-state index in [-0.39, 0.29) is 19.1 Å². The minimum absolute atomic E-state index is 0.0310. The first-order chi connectivity index (χ1) is 14.2. The lowest BCUT2D eigenvalue weighted by Gasteiger charge is -2.32. The van der Waals surface area contributed by atoms with Gasteiger partial charge in [-0.2, -0.15) is 0 Å². The highest BCUT2D eigenvalue weighted by Crippen LogP contribution is 2.24. The third-order valence-electron chi connectivity index (χ3n) is 5.48. The molecule has 0 atom stereocenters. The standard InChI is InChI=1S/C24H29NO4/c26-16-5-4-7-19-12-14-25(15-13-19)23(27)21-10-6-11-22(17-21)24(28)29-18-20-8-2-1-3-9-20/h1-3,6,8-11,17,19,26H,4-5,7,12-16,18H2. The van der Waals surface area contributed by atoms with E-state index in [0.29, 0.717) is 17.0 Å². The number of carbonyl (C=O) groups excluding carboxylic acids is 2. The van der Waals surface area contributed by atoms with Crippen molar-refractivity contribution in [2.45, 2.75) is 38.7 Å². The number of benzene rings is 2. The zero-order valence-electron chi connectivity index (χ0n) is 16.8. The van der Waals surface area contributed by atoms with Crippen molar-refractivity contribution >= 4 is 11.9 Å². The lowest BCUT2D eigenvalue weighted by atomic mass is 9.91. The monoisotopic (exact) mass is 395 g/mol. The van der Waals surface area contributed by atoms with E-state index < -0.39 is 5.97 Å². The number of aliphatic hydroxyl groups is 1. The molecule has 1 amide bonds. The first-order valence-corrected chi connectivity index (χ1v) is 10.4. The molecular formula is C24H29NO4. The van der Waals surface area contributed by atoms with E-state index in [1.807, 2.05) is 35.2 Å². The van der Waals surface area contributed by atoms with Gasteiger partial charge in [-0.25, -0.2) is 4.79 Å². The van der Waals surface area contributed by atoms with Crippen LogP contribution in [0.5, 0.6) is 0 Å². The van der Waals surface area contributed by atoms with Crippen LogP contribution in [0.1, 0.15) is 58.4 Å². The summed E-state index contributed by atoms with van der Waals surface area (Å²) in [7, 11) is 0. The highest BCUT2D eigenvalue weighted by Gasteiger charge is 2.24. The quantitative estimate of drug-likeness (QED) is 0.541. The average Bonchev–Trinajstić information content (AvgIpc) is 2.78. The van der Waals surface area contributed by atoms with Gasteiger partial charge < -0.3 is 14.7 Å². The largest absolute Gasteiger partial charge is 0.457 e. The van der Waals surface area contributed by atoms with E-state index in [4.69, 9.17) is 9.84 Å². The van der Waals surface area contributed by atoms with Crippen LogP contribution < -0.4 is 0 Å². The molecule has 0 unspecified atom stereocenters. The predicted molar refractivity (Wildman–Crippen MR) is 112 cm³/mol. The van der Waals surface area contributed by atoms with Crippen molar-refractivity contribution < 1.29 is 19.4 Å². The molecule has 0 radical (unpaired) electrons. The minimum atomic E-state index is -0.425. The molecule has 1 fully saturated rings. The number of ether oxygens (including phenoxy) is 1. The summed E-state index contributed by atoms with van der Waals surface area (Å²) in [6.45, 7) is 1.94. The molecule has 0 aliphatic carbocycles. The first kappa shape index (κ1) is 21.1. The summed E-state index contributed by atoms with van der Waals surface area (Å²) in [6, 6.07) is 16.3. The molecule has 2 aromatic carbocycles. The Labute approximate surface area is 172 Å². The van der Waals surface area contributed by atoms with Crippen molar-refractivity contribution in [3.05, 3.63) is 71.3 Å². The Hall–Kier alpha value is -2.66. The fraction of sp³-hybridized carbons (Fsp3) is 0.417. The fourth-order valence-electron chi connectivity index (χ4n) is 3.74. The second-order valence-electron chi connectivity index (χ2n) is 7.60. The summed E-state index contributed by atoms with van der Waals surface area (Å²) in [5.41, 5.74) is 1.85. The van der Waals surface area contributed by atoms with Gasteiger partial charge >= 0.3 is 5.97 Å². The van der Waals surface area contributed by atoms with Crippen LogP contribution in [0.25, 0.3) is 0 Å². The van der Waals surface area contributed by atoms with Crippen LogP contribution in [0.2, 0.25) is 0 Å². The molecule has 2 aromatic rings. The summed E-state index contributed by atoms with van der Waals surface area (Å²) in [4.78, 5) is 27.1. The predicted octanol–water partition coefficient (Wildman–Crippen LogP) is 4.06. The van der Waals surface area contributed by atoms with Gasteiger partial charge in [0.2, 0.25) is 0 Å². The number of amides is 1. The van der Waals surface area contributed by atoms with Gasteiger partial charge in [0.05, 0.1) is 5.56 Å². The average molecular weight is 395 g/mol. The number of rotatable bonds is 8. The van der Waals surface area contributed by atoms with Crippen LogP contribution in [0.15, 0.2) is 54.6 Å². The fourth-order valence-corrected chi connectivity index (χ4v) is 3.74. The Balaban J connectivity index is 1.53. The maximum absolute atomic E-state index is 12.9. The zero-order chi connectivity index (χ0) is 20.5. The third kappa shape index (κ3) is 6.16. The second-order valence-corrected chi connectivity index (χ2v) is 7.60. The van der Waals surface area contributed by atoms with E-state index in [1.165, 1.54) is 0 Å². The molecule has 1 saturated heterocycles. The molecule has 1 heterocycles. The van der Waals surface area contributed by atoms with Gasteiger partial charge in [-0.15, -0.1) is 0 Å². The van der Waals surface area contributed by atoms with Crippen molar-refractivity contribution in [3.63, 3.8) is 0 Å². The maximum atomic E-state index is 12.9. The number of carbonyl (C=O) groups is 2. The molecular weight excluding hydrogens is 366 g/mol. The van der Waals surface area contributed by atoms with Gasteiger partial charge in [0.25, 0.3) is 5.91 Å². The lowest BCUT2D eigenvalue weighted by Crippen LogP contribution is -2.38. The number of hydrogen-bond donors (Lipinski definition) is 1. The second kappa shape index (κ2) is 10.8. The summed E-state index contributed by atoms with van der Waals surface area (Å²) in [6.07, 6.45) is 5.01. The highest BCUT2D eigenvalue weighted by molar-refractivity contribution is 5.98. The maximum Gasteiger partial charge on any atom is 0.338 e. The normalized spacial score (nSPS) is 14.6. The van der Waals surface area contributed by atoms with Crippen molar-refractivity contribution in [1.82, 2.24) is 4.90 Å². The van der Waals surface area contributed by atoms with Crippen LogP contribution in [0.3, 0.4) is 0 Å². The highest BCUT2D eigenvalue weighted by atomic mass is 16.5. The molecule has 0 saturated carbocycles. The number of piperidine rings is 1. The Kier molecular flexibility index (Phi) is 7.82. The SMILES string of the molecule is O=C(OCc1ccccc1)c1cccc(C(=O)N2CCC(CCCCO)CC2)c1. The smallest absolute Gasteiger partial charge is 0.338 e. The van der Waals surface area contributed by atoms with Crippen molar-refractivity contribution in [2.75, 3.05) is 19.7 Å². The van der Waals surface area contributed by atoms with Gasteiger partial charge in [0.1, 0.15) is 6.61 Å². The number of nitrogens with zero attached hydrogens (tertiary/aromatic N) is 1. The molecule has 1 N–H and O–H groups in total. The van der Waals surface area contributed by atoms with Gasteiger partial charge in [-0.3, -0.25) is 4.79 Å². The van der Waals surface area contributed by atoms with E-state index in [1.54, 1.807) is 24.3 Å². The first-order valence-electron chi connectivity index (χ1n) is 10.4. The van der Waals surface area contributed by atoms with Gasteiger partial charge in [0, 0.05) is 25.3 Å². The Morgan fingerprint density at radius 2 is 1.69 bits per heavy atom. The molecule has 0 aromatic heterocycles. The Morgan fingerprint density at radius 3 is 2.41 bits per heavy atom. The number of unbranched alkanes of at least 4 members (excludes halogenated alkanes) is 1. The van der Waals surface area contributed by atoms with E-state index >= 15 is 0 Å². The van der Waals surface area contributed by atoms with Crippen molar-refractivity contribution in [3.8, 4) is 0 Å². The molecule has 29 heavy (non-hydrogen) atoms. The van der Waals surface area contributed by atoms with Crippen molar-refractivity contribution in [2.24, 2.45) is 5.92 Å². The van der Waals surface area contributed by atoms with Gasteiger partial charge in [-0.1, -0.05) is 49.2 Å². The summed E-state index contributed by atoms with van der Waals surface area (Å²) < 4.78 is 5.37. The van der Waals surface area contributed by atoms with Crippen LogP contribution in [-0.2, 0) is 11.3 Å². The molecule has 5 nitrogen and oxygen atoms in total. The van der Waals surface area contributed by atoms with Crippen LogP contribution in [0.4, 0.5) is 0 Å². The minimum Gasteiger partial charge on any atom is -0.457 e. The molecule has 1 aliphatic rings. The van der Waals surface area contributed by atoms with E-state index in [2.05, 4.69) is 0 Å². The summed E-state index contributed by atoms with van der Waals surface area (Å²) in [5, 5.41) is 8.90.